The highest BCUT2D eigenvalue weighted by molar-refractivity contribution is 8.07. The molecule has 0 saturated carbocycles. The topological polar surface area (TPSA) is 49.7 Å². The number of benzene rings is 2. The molecule has 1 aliphatic rings. The number of carbonyl (C=O) groups excluding carboxylic acids is 1. The van der Waals surface area contributed by atoms with Crippen molar-refractivity contribution in [3.63, 3.8) is 0 Å². The molecule has 0 fully saturated rings. The van der Waals surface area contributed by atoms with Gasteiger partial charge in [-0.15, -0.1) is 16.7 Å². The molecule has 1 aliphatic heterocycles. The van der Waals surface area contributed by atoms with Gasteiger partial charge in [0, 0.05) is 21.9 Å². The number of thioether (sulfide) groups is 1. The smallest absolute Gasteiger partial charge is 0.258 e. The molecule has 0 N–H and O–H groups in total. The number of anilines is 1. The van der Waals surface area contributed by atoms with E-state index < -0.39 is 0 Å². The number of allylic oxidation sites excluding steroid dienone is 2. The molecular weight excluding hydrogens is 356 g/mol. The van der Waals surface area contributed by atoms with Crippen molar-refractivity contribution < 1.29 is 4.79 Å². The second kappa shape index (κ2) is 7.92. The molecule has 0 spiro atoms. The summed E-state index contributed by atoms with van der Waals surface area (Å²) in [5, 5.41) is 2.99. The molecule has 27 heavy (non-hydrogen) atoms. The molecule has 138 valence electrons. The highest BCUT2D eigenvalue weighted by Gasteiger charge is 2.30. The van der Waals surface area contributed by atoms with Gasteiger partial charge >= 0.3 is 0 Å². The molecule has 1 heterocycles. The standard InChI is InChI=1S/C22H22N2O2S/c1-5-21(27-4)19-12-16(14(2)15(3)23-26)10-11-20(19)24-13-17-8-6-7-9-18(17)22(24)25/h5-12,14H,3,13H2,1-2,4H3/b21-5-. The predicted octanol–water partition coefficient (Wildman–Crippen LogP) is 5.95. The largest absolute Gasteiger partial charge is 0.303 e. The molecular formula is C22H22N2O2S. The fourth-order valence-corrected chi connectivity index (χ4v) is 3.98. The van der Waals surface area contributed by atoms with Gasteiger partial charge in [0.15, 0.2) is 0 Å². The van der Waals surface area contributed by atoms with Crippen LogP contribution in [0.1, 0.15) is 46.8 Å². The number of fused-ring (bicyclic) bond motifs is 1. The van der Waals surface area contributed by atoms with Gasteiger partial charge in [0.05, 0.1) is 17.9 Å². The molecule has 0 bridgehead atoms. The fraction of sp³-hybridized carbons (Fsp3) is 0.227. The van der Waals surface area contributed by atoms with Gasteiger partial charge in [-0.05, 0) is 47.7 Å². The van der Waals surface area contributed by atoms with Crippen molar-refractivity contribution in [1.29, 1.82) is 0 Å². The zero-order chi connectivity index (χ0) is 19.6. The maximum Gasteiger partial charge on any atom is 0.258 e. The quantitative estimate of drug-likeness (QED) is 0.583. The second-order valence-electron chi connectivity index (χ2n) is 6.49. The maximum absolute atomic E-state index is 13.0. The van der Waals surface area contributed by atoms with Gasteiger partial charge in [-0.2, -0.15) is 0 Å². The van der Waals surface area contributed by atoms with Gasteiger partial charge in [-0.25, -0.2) is 0 Å². The highest BCUT2D eigenvalue weighted by atomic mass is 32.2. The second-order valence-corrected chi connectivity index (χ2v) is 7.33. The summed E-state index contributed by atoms with van der Waals surface area (Å²) < 4.78 is 0. The number of hydrogen-bond acceptors (Lipinski definition) is 4. The van der Waals surface area contributed by atoms with Gasteiger partial charge in [0.1, 0.15) is 0 Å². The number of amides is 1. The summed E-state index contributed by atoms with van der Waals surface area (Å²) >= 11 is 1.63. The molecule has 1 unspecified atom stereocenters. The van der Waals surface area contributed by atoms with Crippen molar-refractivity contribution in [1.82, 2.24) is 0 Å². The summed E-state index contributed by atoms with van der Waals surface area (Å²) in [6.45, 7) is 8.20. The van der Waals surface area contributed by atoms with Crippen LogP contribution in [-0.4, -0.2) is 12.2 Å². The van der Waals surface area contributed by atoms with Crippen LogP contribution in [0.25, 0.3) is 4.91 Å². The van der Waals surface area contributed by atoms with E-state index in [1.165, 1.54) is 0 Å². The van der Waals surface area contributed by atoms with Crippen molar-refractivity contribution in [2.24, 2.45) is 5.18 Å². The van der Waals surface area contributed by atoms with Gasteiger partial charge in [-0.3, -0.25) is 4.79 Å². The lowest BCUT2D eigenvalue weighted by Crippen LogP contribution is -2.24. The van der Waals surface area contributed by atoms with E-state index in [0.29, 0.717) is 12.2 Å². The average Bonchev–Trinajstić information content (AvgIpc) is 3.04. The highest BCUT2D eigenvalue weighted by Crippen LogP contribution is 2.39. The summed E-state index contributed by atoms with van der Waals surface area (Å²) in [5.74, 6) is -0.162. The van der Waals surface area contributed by atoms with Crippen LogP contribution in [0.15, 0.2) is 66.0 Å². The Balaban J connectivity index is 2.09. The van der Waals surface area contributed by atoms with E-state index in [9.17, 15) is 9.70 Å². The first-order chi connectivity index (χ1) is 13.0. The Morgan fingerprint density at radius 1 is 1.30 bits per heavy atom. The summed E-state index contributed by atoms with van der Waals surface area (Å²) in [6, 6.07) is 13.7. The average molecular weight is 378 g/mol. The van der Waals surface area contributed by atoms with Crippen molar-refractivity contribution >= 4 is 28.3 Å². The third-order valence-electron chi connectivity index (χ3n) is 5.00. The summed E-state index contributed by atoms with van der Waals surface area (Å²) in [4.78, 5) is 26.7. The lowest BCUT2D eigenvalue weighted by Gasteiger charge is -2.23. The van der Waals surface area contributed by atoms with Crippen LogP contribution in [0.2, 0.25) is 0 Å². The zero-order valence-electron chi connectivity index (χ0n) is 15.7. The minimum Gasteiger partial charge on any atom is -0.303 e. The number of nitrogens with zero attached hydrogens (tertiary/aromatic N) is 2. The van der Waals surface area contributed by atoms with Gasteiger partial charge in [0.2, 0.25) is 0 Å². The maximum atomic E-state index is 13.0. The molecule has 2 aromatic carbocycles. The van der Waals surface area contributed by atoms with Crippen LogP contribution in [0, 0.1) is 4.91 Å². The normalized spacial score (nSPS) is 14.9. The molecule has 4 nitrogen and oxygen atoms in total. The molecule has 0 radical (unpaired) electrons. The zero-order valence-corrected chi connectivity index (χ0v) is 16.5. The molecule has 0 saturated heterocycles. The Hall–Kier alpha value is -2.66. The number of hydrogen-bond donors (Lipinski definition) is 0. The first-order valence-electron chi connectivity index (χ1n) is 8.78. The van der Waals surface area contributed by atoms with Crippen LogP contribution in [0.4, 0.5) is 5.69 Å². The Bertz CT molecular complexity index is 949. The molecule has 3 rings (SSSR count). The van der Waals surface area contributed by atoms with Crippen LogP contribution >= 0.6 is 11.8 Å². The van der Waals surface area contributed by atoms with E-state index in [4.69, 9.17) is 0 Å². The Labute approximate surface area is 163 Å². The Morgan fingerprint density at radius 2 is 2.04 bits per heavy atom. The minimum absolute atomic E-state index is 0.0168. The Kier molecular flexibility index (Phi) is 5.61. The van der Waals surface area contributed by atoms with Gasteiger partial charge in [-0.1, -0.05) is 43.8 Å². The first-order valence-corrected chi connectivity index (χ1v) is 10.0. The number of nitroso groups, excluding NO2 is 1. The monoisotopic (exact) mass is 378 g/mol. The molecule has 0 aliphatic carbocycles. The van der Waals surface area contributed by atoms with E-state index in [-0.39, 0.29) is 11.8 Å². The van der Waals surface area contributed by atoms with E-state index in [0.717, 1.165) is 32.8 Å². The van der Waals surface area contributed by atoms with Gasteiger partial charge < -0.3 is 4.90 Å². The molecule has 0 aromatic heterocycles. The van der Waals surface area contributed by atoms with Crippen molar-refractivity contribution in [2.75, 3.05) is 11.2 Å². The predicted molar refractivity (Wildman–Crippen MR) is 114 cm³/mol. The SMILES string of the molecule is C=C(N=O)C(C)c1ccc(N2Cc3ccccc3C2=O)c(/C(=C/C)SC)c1. The summed E-state index contributed by atoms with van der Waals surface area (Å²) in [5.41, 5.74) is 4.90. The third kappa shape index (κ3) is 3.47. The van der Waals surface area contributed by atoms with Gasteiger partial charge in [0.25, 0.3) is 5.91 Å². The lowest BCUT2D eigenvalue weighted by molar-refractivity contribution is 0.0996. The van der Waals surface area contributed by atoms with Crippen LogP contribution < -0.4 is 4.90 Å². The minimum atomic E-state index is -0.179. The van der Waals surface area contributed by atoms with E-state index in [1.54, 1.807) is 11.8 Å². The van der Waals surface area contributed by atoms with E-state index in [1.807, 2.05) is 73.5 Å². The molecule has 1 amide bonds. The lowest BCUT2D eigenvalue weighted by atomic mass is 9.95. The Morgan fingerprint density at radius 3 is 2.67 bits per heavy atom. The van der Waals surface area contributed by atoms with Crippen molar-refractivity contribution in [3.8, 4) is 0 Å². The van der Waals surface area contributed by atoms with E-state index in [2.05, 4.69) is 11.8 Å². The number of rotatable bonds is 6. The van der Waals surface area contributed by atoms with Crippen LogP contribution in [0.5, 0.6) is 0 Å². The summed E-state index contributed by atoms with van der Waals surface area (Å²) in [7, 11) is 0. The fourth-order valence-electron chi connectivity index (χ4n) is 3.36. The third-order valence-corrected chi connectivity index (χ3v) is 5.89. The van der Waals surface area contributed by atoms with Crippen molar-refractivity contribution in [3.05, 3.63) is 88.0 Å². The molecule has 5 heteroatoms. The number of carbonyl (C=O) groups is 1. The molecule has 1 atom stereocenters. The van der Waals surface area contributed by atoms with E-state index >= 15 is 0 Å². The van der Waals surface area contributed by atoms with Crippen molar-refractivity contribution in [2.45, 2.75) is 26.3 Å². The summed E-state index contributed by atoms with van der Waals surface area (Å²) in [6.07, 6.45) is 4.06. The molecule has 2 aromatic rings. The van der Waals surface area contributed by atoms with Crippen LogP contribution in [-0.2, 0) is 6.54 Å². The van der Waals surface area contributed by atoms with Crippen LogP contribution in [0.3, 0.4) is 0 Å². The first kappa shape index (κ1) is 19.1.